The van der Waals surface area contributed by atoms with E-state index in [1.807, 2.05) is 42.5 Å². The molecule has 4 aromatic rings. The van der Waals surface area contributed by atoms with Crippen LogP contribution in [0, 0.1) is 5.82 Å². The number of benzene rings is 3. The van der Waals surface area contributed by atoms with Crippen molar-refractivity contribution in [2.75, 3.05) is 33.3 Å². The molecule has 0 atom stereocenters. The van der Waals surface area contributed by atoms with E-state index in [1.54, 1.807) is 4.90 Å². The third-order valence-electron chi connectivity index (χ3n) is 6.12. The number of ether oxygens (including phenoxy) is 1. The zero-order chi connectivity index (χ0) is 24.2. The molecule has 0 aliphatic carbocycles. The molecule has 0 N–H and O–H groups in total. The molecule has 2 heterocycles. The Morgan fingerprint density at radius 3 is 2.43 bits per heavy atom. The number of piperazine rings is 1. The van der Waals surface area contributed by atoms with E-state index in [4.69, 9.17) is 9.26 Å². The molecule has 1 fully saturated rings. The second-order valence-electron chi connectivity index (χ2n) is 8.40. The normalized spacial score (nSPS) is 14.2. The van der Waals surface area contributed by atoms with E-state index in [0.717, 1.165) is 30.8 Å². The molecule has 1 saturated heterocycles. The number of rotatable bonds is 6. The molecule has 1 aliphatic rings. The smallest absolute Gasteiger partial charge is 0.258 e. The summed E-state index contributed by atoms with van der Waals surface area (Å²) in [6.45, 7) is 3.53. The first-order chi connectivity index (χ1) is 17.1. The van der Waals surface area contributed by atoms with E-state index in [0.29, 0.717) is 30.4 Å². The number of carbonyl (C=O) groups excluding carboxylic acids is 1. The fourth-order valence-corrected chi connectivity index (χ4v) is 4.14. The van der Waals surface area contributed by atoms with Crippen molar-refractivity contribution in [2.24, 2.45) is 0 Å². The average molecular weight is 473 g/mol. The van der Waals surface area contributed by atoms with Crippen molar-refractivity contribution in [1.29, 1.82) is 0 Å². The van der Waals surface area contributed by atoms with Crippen LogP contribution in [0.1, 0.15) is 15.9 Å². The second kappa shape index (κ2) is 10.1. The van der Waals surface area contributed by atoms with Crippen LogP contribution in [0.25, 0.3) is 22.8 Å². The van der Waals surface area contributed by atoms with Crippen LogP contribution >= 0.6 is 0 Å². The molecule has 1 amide bonds. The molecule has 7 nitrogen and oxygen atoms in total. The lowest BCUT2D eigenvalue weighted by Gasteiger charge is -2.34. The highest BCUT2D eigenvalue weighted by Crippen LogP contribution is 2.23. The Bertz CT molecular complexity index is 1300. The van der Waals surface area contributed by atoms with E-state index < -0.39 is 5.82 Å². The van der Waals surface area contributed by atoms with Gasteiger partial charge in [-0.1, -0.05) is 47.6 Å². The van der Waals surface area contributed by atoms with Gasteiger partial charge in [-0.25, -0.2) is 4.39 Å². The summed E-state index contributed by atoms with van der Waals surface area (Å²) in [7, 11) is 1.39. The molecule has 0 spiro atoms. The topological polar surface area (TPSA) is 71.7 Å². The van der Waals surface area contributed by atoms with Gasteiger partial charge in [0.05, 0.1) is 7.11 Å². The van der Waals surface area contributed by atoms with Gasteiger partial charge < -0.3 is 14.2 Å². The van der Waals surface area contributed by atoms with Crippen molar-refractivity contribution in [3.05, 3.63) is 89.7 Å². The maximum Gasteiger partial charge on any atom is 0.258 e. The van der Waals surface area contributed by atoms with E-state index >= 15 is 0 Å². The maximum atomic E-state index is 13.7. The van der Waals surface area contributed by atoms with E-state index in [-0.39, 0.29) is 11.7 Å². The molecule has 1 aliphatic heterocycles. The molecule has 3 aromatic carbocycles. The highest BCUT2D eigenvalue weighted by Gasteiger charge is 2.23. The predicted molar refractivity (Wildman–Crippen MR) is 129 cm³/mol. The van der Waals surface area contributed by atoms with E-state index in [2.05, 4.69) is 27.2 Å². The molecule has 0 radical (unpaired) electrons. The first-order valence-corrected chi connectivity index (χ1v) is 11.4. The number of hydrogen-bond donors (Lipinski definition) is 0. The van der Waals surface area contributed by atoms with E-state index in [9.17, 15) is 9.18 Å². The Balaban J connectivity index is 1.17. The standard InChI is InChI=1S/C27H25FN4O3/c1-34-24-17-22(11-12-23(24)28)27(33)32-15-13-31(14-16-32)18-19-7-9-20(10-8-19)25-29-26(35-30-25)21-5-3-2-4-6-21/h2-12,17H,13-16,18H2,1H3. The number of methoxy groups -OCH3 is 1. The van der Waals surface area contributed by atoms with Crippen molar-refractivity contribution in [3.8, 4) is 28.6 Å². The first-order valence-electron chi connectivity index (χ1n) is 11.4. The van der Waals surface area contributed by atoms with Crippen molar-refractivity contribution in [1.82, 2.24) is 19.9 Å². The van der Waals surface area contributed by atoms with Crippen LogP contribution < -0.4 is 4.74 Å². The van der Waals surface area contributed by atoms with Crippen molar-refractivity contribution < 1.29 is 18.4 Å². The van der Waals surface area contributed by atoms with Crippen LogP contribution in [0.4, 0.5) is 4.39 Å². The van der Waals surface area contributed by atoms with Gasteiger partial charge in [-0.05, 0) is 35.9 Å². The Morgan fingerprint density at radius 2 is 1.71 bits per heavy atom. The molecule has 1 aromatic heterocycles. The van der Waals surface area contributed by atoms with Crippen molar-refractivity contribution in [2.45, 2.75) is 6.54 Å². The molecule has 0 unspecified atom stereocenters. The summed E-state index contributed by atoms with van der Waals surface area (Å²) in [5.41, 5.74) is 3.39. The van der Waals surface area contributed by atoms with Crippen molar-refractivity contribution >= 4 is 5.91 Å². The summed E-state index contributed by atoms with van der Waals surface area (Å²) < 4.78 is 24.1. The highest BCUT2D eigenvalue weighted by atomic mass is 19.1. The number of hydrogen-bond acceptors (Lipinski definition) is 6. The largest absolute Gasteiger partial charge is 0.494 e. The molecule has 35 heavy (non-hydrogen) atoms. The lowest BCUT2D eigenvalue weighted by Crippen LogP contribution is -2.48. The van der Waals surface area contributed by atoms with Gasteiger partial charge in [0.1, 0.15) is 0 Å². The van der Waals surface area contributed by atoms with Crippen molar-refractivity contribution in [3.63, 3.8) is 0 Å². The zero-order valence-corrected chi connectivity index (χ0v) is 19.4. The summed E-state index contributed by atoms with van der Waals surface area (Å²) in [6, 6.07) is 22.0. The van der Waals surface area contributed by atoms with Crippen LogP contribution in [-0.4, -0.2) is 59.1 Å². The molecular formula is C27H25FN4O3. The third kappa shape index (κ3) is 5.07. The highest BCUT2D eigenvalue weighted by molar-refractivity contribution is 5.94. The zero-order valence-electron chi connectivity index (χ0n) is 19.4. The lowest BCUT2D eigenvalue weighted by molar-refractivity contribution is 0.0628. The number of nitrogens with zero attached hydrogens (tertiary/aromatic N) is 4. The van der Waals surface area contributed by atoms with Gasteiger partial charge in [0.2, 0.25) is 5.82 Å². The molecular weight excluding hydrogens is 447 g/mol. The van der Waals surface area contributed by atoms with Gasteiger partial charge >= 0.3 is 0 Å². The van der Waals surface area contributed by atoms with Crippen LogP contribution in [0.5, 0.6) is 5.75 Å². The van der Waals surface area contributed by atoms with Gasteiger partial charge in [-0.3, -0.25) is 9.69 Å². The maximum absolute atomic E-state index is 13.7. The molecule has 0 saturated carbocycles. The SMILES string of the molecule is COc1cc(C(=O)N2CCN(Cc3ccc(-c4noc(-c5ccccc5)n4)cc3)CC2)ccc1F. The van der Waals surface area contributed by atoms with Crippen LogP contribution in [-0.2, 0) is 6.54 Å². The summed E-state index contributed by atoms with van der Waals surface area (Å²) in [5.74, 6) is 0.546. The van der Waals surface area contributed by atoms with Crippen LogP contribution in [0.3, 0.4) is 0 Å². The number of amides is 1. The monoisotopic (exact) mass is 472 g/mol. The average Bonchev–Trinajstić information content (AvgIpc) is 3.40. The molecule has 5 rings (SSSR count). The summed E-state index contributed by atoms with van der Waals surface area (Å²) in [4.78, 5) is 21.4. The third-order valence-corrected chi connectivity index (χ3v) is 6.12. The summed E-state index contributed by atoms with van der Waals surface area (Å²) in [6.07, 6.45) is 0. The Hall–Kier alpha value is -4.04. The fraction of sp³-hybridized carbons (Fsp3) is 0.222. The lowest BCUT2D eigenvalue weighted by atomic mass is 10.1. The second-order valence-corrected chi connectivity index (χ2v) is 8.40. The summed E-state index contributed by atoms with van der Waals surface area (Å²) >= 11 is 0. The number of aromatic nitrogens is 2. The Labute approximate surface area is 202 Å². The van der Waals surface area contributed by atoms with Gasteiger partial charge in [0.25, 0.3) is 11.8 Å². The number of carbonyl (C=O) groups is 1. The molecule has 0 bridgehead atoms. The van der Waals surface area contributed by atoms with Gasteiger partial charge in [-0.15, -0.1) is 0 Å². The van der Waals surface area contributed by atoms with Gasteiger partial charge in [-0.2, -0.15) is 4.98 Å². The minimum absolute atomic E-state index is 0.0787. The Kier molecular flexibility index (Phi) is 6.54. The molecule has 8 heteroatoms. The first kappa shape index (κ1) is 22.7. The number of halogens is 1. The van der Waals surface area contributed by atoms with E-state index in [1.165, 1.54) is 30.9 Å². The van der Waals surface area contributed by atoms with Crippen LogP contribution in [0.15, 0.2) is 77.3 Å². The quantitative estimate of drug-likeness (QED) is 0.411. The van der Waals surface area contributed by atoms with Gasteiger partial charge in [0, 0.05) is 49.4 Å². The summed E-state index contributed by atoms with van der Waals surface area (Å²) in [5, 5.41) is 4.11. The fourth-order valence-electron chi connectivity index (χ4n) is 4.14. The minimum Gasteiger partial charge on any atom is -0.494 e. The predicted octanol–water partition coefficient (Wildman–Crippen LogP) is 4.51. The van der Waals surface area contributed by atoms with Gasteiger partial charge in [0.15, 0.2) is 11.6 Å². The minimum atomic E-state index is -0.476. The van der Waals surface area contributed by atoms with Crippen LogP contribution in [0.2, 0.25) is 0 Å². The Morgan fingerprint density at radius 1 is 0.971 bits per heavy atom. The molecule has 178 valence electrons.